The lowest BCUT2D eigenvalue weighted by atomic mass is 10.0. The molecule has 0 aliphatic carbocycles. The maximum atomic E-state index is 12.0. The van der Waals surface area contributed by atoms with Crippen molar-refractivity contribution in [2.75, 3.05) is 0 Å². The van der Waals surface area contributed by atoms with Crippen LogP contribution in [0, 0.1) is 5.92 Å². The lowest BCUT2D eigenvalue weighted by molar-refractivity contribution is -0.132. The molecule has 0 unspecified atom stereocenters. The predicted molar refractivity (Wildman–Crippen MR) is 82.8 cm³/mol. The Morgan fingerprint density at radius 1 is 0.667 bits per heavy atom. The molecule has 3 N–H and O–H groups in total. The predicted octanol–water partition coefficient (Wildman–Crippen LogP) is 0.607. The summed E-state index contributed by atoms with van der Waals surface area (Å²) < 4.78 is 0. The van der Waals surface area contributed by atoms with E-state index >= 15 is 0 Å². The molecular weight excluding hydrogens is 270 g/mol. The molecule has 0 bridgehead atoms. The molecule has 6 heteroatoms. The smallest absolute Gasteiger partial charge is 0.242 e. The summed E-state index contributed by atoms with van der Waals surface area (Å²) in [6.45, 7) is 12.5. The number of rotatable bonds is 8. The summed E-state index contributed by atoms with van der Waals surface area (Å²) in [5, 5.41) is 8.32. The fourth-order valence-corrected chi connectivity index (χ4v) is 1.89. The number of nitrogens with one attached hydrogen (secondary N) is 3. The molecule has 6 nitrogen and oxygen atoms in total. The SMILES string of the molecule is CC(C)N[C@@H](C)C(=O)N[C@@H](C)C(=O)N[C@@H](C)C(=O)C(C)C. The standard InChI is InChI=1S/C15H29N3O3/c1-8(2)13(19)10(5)17-15(21)12(7)18-14(20)11(6)16-9(3)4/h8-12,16H,1-7H3,(H,17,21)(H,18,20)/t10-,11-,12-/m0/s1. The second-order valence-corrected chi connectivity index (χ2v) is 6.06. The summed E-state index contributed by atoms with van der Waals surface area (Å²) in [5.74, 6) is -0.770. The highest BCUT2D eigenvalue weighted by molar-refractivity contribution is 5.93. The van der Waals surface area contributed by atoms with Crippen LogP contribution in [0.1, 0.15) is 48.5 Å². The van der Waals surface area contributed by atoms with Gasteiger partial charge in [-0.1, -0.05) is 27.7 Å². The first-order valence-electron chi connectivity index (χ1n) is 7.46. The second kappa shape index (κ2) is 8.77. The number of carbonyl (C=O) groups excluding carboxylic acids is 3. The zero-order chi connectivity index (χ0) is 16.7. The first kappa shape index (κ1) is 19.6. The minimum absolute atomic E-state index is 0.0308. The maximum Gasteiger partial charge on any atom is 0.242 e. The molecule has 0 heterocycles. The maximum absolute atomic E-state index is 12.0. The quantitative estimate of drug-likeness (QED) is 0.613. The van der Waals surface area contributed by atoms with Crippen molar-refractivity contribution in [1.82, 2.24) is 16.0 Å². The highest BCUT2D eigenvalue weighted by atomic mass is 16.2. The van der Waals surface area contributed by atoms with Crippen LogP contribution in [0.5, 0.6) is 0 Å². The van der Waals surface area contributed by atoms with Crippen LogP contribution in [0.4, 0.5) is 0 Å². The van der Waals surface area contributed by atoms with Gasteiger partial charge in [-0.25, -0.2) is 0 Å². The molecule has 0 aromatic heterocycles. The number of Topliss-reactive ketones (excluding diaryl/α,β-unsaturated/α-hetero) is 1. The lowest BCUT2D eigenvalue weighted by Gasteiger charge is -2.21. The van der Waals surface area contributed by atoms with Gasteiger partial charge in [-0.05, 0) is 20.8 Å². The Kier molecular flexibility index (Phi) is 8.17. The molecule has 0 radical (unpaired) electrons. The topological polar surface area (TPSA) is 87.3 Å². The van der Waals surface area contributed by atoms with Crippen molar-refractivity contribution in [3.63, 3.8) is 0 Å². The molecule has 0 aliphatic heterocycles. The van der Waals surface area contributed by atoms with E-state index in [4.69, 9.17) is 0 Å². The lowest BCUT2D eigenvalue weighted by Crippen LogP contribution is -2.53. The summed E-state index contributed by atoms with van der Waals surface area (Å²) in [6.07, 6.45) is 0. The zero-order valence-corrected chi connectivity index (χ0v) is 14.1. The summed E-state index contributed by atoms with van der Waals surface area (Å²) in [5.41, 5.74) is 0. The van der Waals surface area contributed by atoms with Crippen LogP contribution in [-0.4, -0.2) is 41.8 Å². The fourth-order valence-electron chi connectivity index (χ4n) is 1.89. The van der Waals surface area contributed by atoms with Gasteiger partial charge in [0.05, 0.1) is 12.1 Å². The van der Waals surface area contributed by atoms with Gasteiger partial charge < -0.3 is 16.0 Å². The van der Waals surface area contributed by atoms with Gasteiger partial charge >= 0.3 is 0 Å². The molecule has 122 valence electrons. The van der Waals surface area contributed by atoms with Crippen LogP contribution >= 0.6 is 0 Å². The Hall–Kier alpha value is -1.43. The Morgan fingerprint density at radius 2 is 1.10 bits per heavy atom. The first-order valence-corrected chi connectivity index (χ1v) is 7.46. The van der Waals surface area contributed by atoms with E-state index in [1.165, 1.54) is 0 Å². The average molecular weight is 299 g/mol. The summed E-state index contributed by atoms with van der Waals surface area (Å²) in [7, 11) is 0. The number of carbonyl (C=O) groups is 3. The van der Waals surface area contributed by atoms with Crippen LogP contribution in [0.3, 0.4) is 0 Å². The van der Waals surface area contributed by atoms with Crippen LogP contribution in [-0.2, 0) is 14.4 Å². The average Bonchev–Trinajstić information content (AvgIpc) is 2.36. The van der Waals surface area contributed by atoms with Gasteiger partial charge in [-0.3, -0.25) is 14.4 Å². The van der Waals surface area contributed by atoms with Gasteiger partial charge in [0, 0.05) is 12.0 Å². The number of hydrogen-bond acceptors (Lipinski definition) is 4. The Morgan fingerprint density at radius 3 is 1.52 bits per heavy atom. The molecule has 0 aliphatic rings. The number of amides is 2. The van der Waals surface area contributed by atoms with Gasteiger partial charge in [-0.2, -0.15) is 0 Å². The normalized spacial score (nSPS) is 15.5. The second-order valence-electron chi connectivity index (χ2n) is 6.06. The molecule has 0 saturated heterocycles. The van der Waals surface area contributed by atoms with Crippen molar-refractivity contribution in [3.8, 4) is 0 Å². The van der Waals surface area contributed by atoms with Crippen LogP contribution in [0.15, 0.2) is 0 Å². The van der Waals surface area contributed by atoms with Gasteiger partial charge in [0.2, 0.25) is 11.8 Å². The highest BCUT2D eigenvalue weighted by Crippen LogP contribution is 2.00. The van der Waals surface area contributed by atoms with Crippen molar-refractivity contribution < 1.29 is 14.4 Å². The summed E-state index contributed by atoms with van der Waals surface area (Å²) >= 11 is 0. The minimum atomic E-state index is -0.684. The van der Waals surface area contributed by atoms with E-state index in [0.29, 0.717) is 0 Å². The summed E-state index contributed by atoms with van der Waals surface area (Å²) in [6, 6.07) is -1.44. The monoisotopic (exact) mass is 299 g/mol. The number of ketones is 1. The van der Waals surface area contributed by atoms with Crippen molar-refractivity contribution in [2.45, 2.75) is 72.6 Å². The third-order valence-corrected chi connectivity index (χ3v) is 3.08. The van der Waals surface area contributed by atoms with Crippen molar-refractivity contribution >= 4 is 17.6 Å². The molecule has 0 aromatic rings. The van der Waals surface area contributed by atoms with E-state index < -0.39 is 12.1 Å². The molecule has 0 saturated carbocycles. The molecule has 21 heavy (non-hydrogen) atoms. The van der Waals surface area contributed by atoms with Crippen molar-refractivity contribution in [3.05, 3.63) is 0 Å². The van der Waals surface area contributed by atoms with E-state index in [-0.39, 0.29) is 35.6 Å². The van der Waals surface area contributed by atoms with E-state index in [9.17, 15) is 14.4 Å². The molecule has 2 amide bonds. The third kappa shape index (κ3) is 7.22. The van der Waals surface area contributed by atoms with Crippen molar-refractivity contribution in [2.24, 2.45) is 5.92 Å². The highest BCUT2D eigenvalue weighted by Gasteiger charge is 2.23. The molecule has 0 spiro atoms. The number of hydrogen-bond donors (Lipinski definition) is 3. The summed E-state index contributed by atoms with van der Waals surface area (Å²) in [4.78, 5) is 35.6. The van der Waals surface area contributed by atoms with Gasteiger partial charge in [0.25, 0.3) is 0 Å². The van der Waals surface area contributed by atoms with Crippen LogP contribution in [0.2, 0.25) is 0 Å². The molecule has 0 fully saturated rings. The zero-order valence-electron chi connectivity index (χ0n) is 14.1. The molecular formula is C15H29N3O3. The Labute approximate surface area is 127 Å². The minimum Gasteiger partial charge on any atom is -0.345 e. The van der Waals surface area contributed by atoms with Crippen LogP contribution < -0.4 is 16.0 Å². The van der Waals surface area contributed by atoms with Gasteiger partial charge in [0.15, 0.2) is 5.78 Å². The Balaban J connectivity index is 4.39. The van der Waals surface area contributed by atoms with Gasteiger partial charge in [0.1, 0.15) is 6.04 Å². The van der Waals surface area contributed by atoms with Crippen LogP contribution in [0.25, 0.3) is 0 Å². The van der Waals surface area contributed by atoms with Crippen molar-refractivity contribution in [1.29, 1.82) is 0 Å². The van der Waals surface area contributed by atoms with Gasteiger partial charge in [-0.15, -0.1) is 0 Å². The third-order valence-electron chi connectivity index (χ3n) is 3.08. The Bertz CT molecular complexity index is 380. The molecule has 0 aromatic carbocycles. The van der Waals surface area contributed by atoms with E-state index in [0.717, 1.165) is 0 Å². The fraction of sp³-hybridized carbons (Fsp3) is 0.800. The largest absolute Gasteiger partial charge is 0.345 e. The van der Waals surface area contributed by atoms with E-state index in [1.807, 2.05) is 13.8 Å². The van der Waals surface area contributed by atoms with E-state index in [2.05, 4.69) is 16.0 Å². The first-order chi connectivity index (χ1) is 9.56. The van der Waals surface area contributed by atoms with E-state index in [1.54, 1.807) is 34.6 Å². The molecule has 0 rings (SSSR count). The molecule has 3 atom stereocenters.